The van der Waals surface area contributed by atoms with Gasteiger partial charge in [-0.05, 0) is 12.1 Å². The molecule has 190 valence electrons. The van der Waals surface area contributed by atoms with E-state index in [9.17, 15) is 28.4 Å². The molecular weight excluding hydrogens is 528 g/mol. The van der Waals surface area contributed by atoms with Crippen molar-refractivity contribution in [3.63, 3.8) is 0 Å². The Morgan fingerprint density at radius 2 is 1.86 bits per heavy atom. The number of nitro benzene ring substituents is 1. The van der Waals surface area contributed by atoms with E-state index in [0.29, 0.717) is 18.3 Å². The van der Waals surface area contributed by atoms with Crippen LogP contribution in [-0.4, -0.2) is 56.5 Å². The van der Waals surface area contributed by atoms with Crippen LogP contribution in [0.5, 0.6) is 5.75 Å². The predicted octanol–water partition coefficient (Wildman–Crippen LogP) is 0.758. The Balaban J connectivity index is 0. The molecule has 0 radical (unpaired) electrons. The Kier molecular flexibility index (Phi) is 12.1. The molecule has 0 atom stereocenters. The van der Waals surface area contributed by atoms with E-state index in [2.05, 4.69) is 15.3 Å². The van der Waals surface area contributed by atoms with Gasteiger partial charge in [0.05, 0.1) is 17.2 Å². The zero-order chi connectivity index (χ0) is 24.8. The van der Waals surface area contributed by atoms with E-state index in [1.54, 1.807) is 30.3 Å². The third-order valence-electron chi connectivity index (χ3n) is 3.90. The van der Waals surface area contributed by atoms with Crippen molar-refractivity contribution in [3.8, 4) is 11.4 Å². The molecule has 17 heteroatoms. The number of phenolic OH excluding ortho intramolecular Hbond substituents is 1. The third-order valence-corrected chi connectivity index (χ3v) is 4.77. The number of aliphatic hydroxyl groups excluding tert-OH is 1. The molecule has 3 rings (SSSR count). The number of rotatable bonds is 6. The fraction of sp³-hybridized carbons (Fsp3) is 0.167. The number of phenols is 1. The quantitative estimate of drug-likeness (QED) is 0.110. The zero-order valence-electron chi connectivity index (χ0n) is 19.0. The van der Waals surface area contributed by atoms with E-state index in [1.807, 2.05) is 0 Å². The molecule has 2 aromatic carbocycles. The minimum Gasteiger partial charge on any atom is -0.504 e. The second-order valence-corrected chi connectivity index (χ2v) is 7.63. The van der Waals surface area contributed by atoms with Gasteiger partial charge in [0.1, 0.15) is 16.1 Å². The molecule has 7 N–H and O–H groups in total. The number of para-hydroxylation sites is 1. The summed E-state index contributed by atoms with van der Waals surface area (Å²) >= 11 is 0. The van der Waals surface area contributed by atoms with Gasteiger partial charge in [-0.2, -0.15) is 13.5 Å². The van der Waals surface area contributed by atoms with Crippen LogP contribution in [0.1, 0.15) is 7.12 Å². The standard InChI is InChI=1S/C16H12N5O7S.C2H7NO.Cr.H2O/c1-9-14(16(23)20(19-9)10-5-3-2-4-6-10)18-17-12-7-11(21(24)25)8-13(15(12)22)29(26,27)28;3-1-2-4;;/h2-8,22H,1H3,(H,26,27,28);4H,1-3H2;;1H2/q-1;;;/p+1. The molecule has 15 nitrogen and oxygen atoms in total. The number of aryl methyl sites for hydroxylation is 1. The molecule has 0 fully saturated rings. The molecule has 35 heavy (non-hydrogen) atoms. The van der Waals surface area contributed by atoms with Crippen LogP contribution in [0.4, 0.5) is 17.1 Å². The van der Waals surface area contributed by atoms with Crippen molar-refractivity contribution in [1.29, 1.82) is 0 Å². The molecule has 1 aromatic heterocycles. The Morgan fingerprint density at radius 1 is 1.29 bits per heavy atom. The fourth-order valence-electron chi connectivity index (χ4n) is 2.42. The van der Waals surface area contributed by atoms with E-state index >= 15 is 0 Å². The maximum absolute atomic E-state index is 12.5. The minimum atomic E-state index is -4.98. The first kappa shape index (κ1) is 31.6. The van der Waals surface area contributed by atoms with Crippen molar-refractivity contribution >= 4 is 27.2 Å². The van der Waals surface area contributed by atoms with Gasteiger partial charge in [-0.3, -0.25) is 14.7 Å². The summed E-state index contributed by atoms with van der Waals surface area (Å²) in [6, 6.07) is 9.65. The number of hydrogen-bond donors (Lipinski definition) is 4. The average Bonchev–Trinajstić information content (AvgIpc) is 3.06. The van der Waals surface area contributed by atoms with Gasteiger partial charge in [0.25, 0.3) is 15.8 Å². The summed E-state index contributed by atoms with van der Waals surface area (Å²) in [4.78, 5) is 21.5. The summed E-state index contributed by atoms with van der Waals surface area (Å²) in [5.41, 5.74) is 3.18. The molecule has 0 aliphatic rings. The van der Waals surface area contributed by atoms with Crippen molar-refractivity contribution in [1.82, 2.24) is 9.78 Å². The Bertz CT molecular complexity index is 1350. The number of aromatic hydroxyl groups is 1. The van der Waals surface area contributed by atoms with Crippen LogP contribution < -0.4 is 11.3 Å². The van der Waals surface area contributed by atoms with Gasteiger partial charge < -0.3 is 31.3 Å². The fourth-order valence-corrected chi connectivity index (χ4v) is 3.04. The number of benzene rings is 2. The maximum atomic E-state index is 12.5. The largest absolute Gasteiger partial charge is 1.00 e. The van der Waals surface area contributed by atoms with E-state index in [0.717, 1.165) is 10.7 Å². The average molecular weight is 550 g/mol. The molecule has 0 unspecified atom stereocenters. The van der Waals surface area contributed by atoms with Crippen LogP contribution in [-0.2, 0) is 27.5 Å². The van der Waals surface area contributed by atoms with Gasteiger partial charge in [-0.15, -0.1) is 5.69 Å². The van der Waals surface area contributed by atoms with Crippen molar-refractivity contribution in [2.75, 3.05) is 13.2 Å². The van der Waals surface area contributed by atoms with Crippen LogP contribution in [0.2, 0.25) is 0 Å². The van der Waals surface area contributed by atoms with Crippen LogP contribution in [0, 0.1) is 17.0 Å². The van der Waals surface area contributed by atoms with E-state index in [1.165, 1.54) is 6.92 Å². The van der Waals surface area contributed by atoms with E-state index in [-0.39, 0.29) is 42.3 Å². The summed E-state index contributed by atoms with van der Waals surface area (Å²) in [7, 11) is -4.98. The zero-order valence-corrected chi connectivity index (χ0v) is 20.1. The first-order chi connectivity index (χ1) is 15.5. The van der Waals surface area contributed by atoms with E-state index < -0.39 is 42.6 Å². The molecule has 0 bridgehead atoms. The van der Waals surface area contributed by atoms with Gasteiger partial charge in [-0.25, -0.2) is 9.78 Å². The normalized spacial score (nSPS) is 10.6. The van der Waals surface area contributed by atoms with Crippen LogP contribution in [0.25, 0.3) is 5.69 Å². The molecule has 0 saturated heterocycles. The van der Waals surface area contributed by atoms with Gasteiger partial charge in [-0.1, -0.05) is 30.8 Å². The number of hydrogen-bond acceptors (Lipinski definition) is 11. The van der Waals surface area contributed by atoms with Crippen LogP contribution >= 0.6 is 0 Å². The second kappa shape index (κ2) is 13.5. The van der Waals surface area contributed by atoms with Crippen molar-refractivity contribution in [3.05, 3.63) is 68.6 Å². The molecule has 3 aromatic rings. The summed E-state index contributed by atoms with van der Waals surface area (Å²) in [5.74, 6) is -1.05. The number of aliphatic hydroxyl groups is 1. The molecule has 0 aliphatic carbocycles. The number of nitrogens with two attached hydrogens (primary N) is 1. The van der Waals surface area contributed by atoms with Gasteiger partial charge in [0, 0.05) is 36.0 Å². The van der Waals surface area contributed by atoms with E-state index in [4.69, 9.17) is 15.4 Å². The van der Waals surface area contributed by atoms with Gasteiger partial charge in [0.15, 0.2) is 5.75 Å². The molecule has 1 heterocycles. The Hall–Kier alpha value is -3.43. The summed E-state index contributed by atoms with van der Waals surface area (Å²) < 4.78 is 32.9. The van der Waals surface area contributed by atoms with Crippen LogP contribution in [0.3, 0.4) is 0 Å². The molecular formula is C18H22CrN6O9S. The topological polar surface area (TPSA) is 255 Å². The second-order valence-electron chi connectivity index (χ2n) is 6.24. The number of azo groups is 1. The third kappa shape index (κ3) is 7.80. The SMILES string of the molecule is Cc1nn(-c2ccccc2)c(=O)[c-]1N=Nc1cc([N+](=O)[O-])cc(S(=O)(=O)O)c1O.NCCO.O.[Cr].[H+]. The minimum absolute atomic E-state index is 0. The molecule has 0 saturated carbocycles. The van der Waals surface area contributed by atoms with Gasteiger partial charge in [0.2, 0.25) is 0 Å². The monoisotopic (exact) mass is 550 g/mol. The molecule has 0 aliphatic heterocycles. The summed E-state index contributed by atoms with van der Waals surface area (Å²) in [5, 5.41) is 40.1. The van der Waals surface area contributed by atoms with Crippen molar-refractivity contribution < 1.29 is 52.4 Å². The Morgan fingerprint density at radius 3 is 2.34 bits per heavy atom. The Labute approximate surface area is 210 Å². The smallest absolute Gasteiger partial charge is 0.504 e. The van der Waals surface area contributed by atoms with Crippen molar-refractivity contribution in [2.45, 2.75) is 11.8 Å². The number of nitrogens with zero attached hydrogens (tertiary/aromatic N) is 5. The molecule has 0 amide bonds. The van der Waals surface area contributed by atoms with Crippen molar-refractivity contribution in [2.24, 2.45) is 16.0 Å². The summed E-state index contributed by atoms with van der Waals surface area (Å²) in [6.07, 6.45) is 0. The number of aromatic nitrogens is 2. The summed E-state index contributed by atoms with van der Waals surface area (Å²) in [6.45, 7) is 1.95. The first-order valence-corrected chi connectivity index (χ1v) is 10.5. The number of nitro groups is 1. The van der Waals surface area contributed by atoms with Crippen LogP contribution in [0.15, 0.2) is 62.4 Å². The molecule has 0 spiro atoms. The predicted molar refractivity (Wildman–Crippen MR) is 120 cm³/mol. The van der Waals surface area contributed by atoms with Gasteiger partial charge >= 0.3 is 1.43 Å². The number of non-ortho nitro benzene ring substituents is 1. The first-order valence-electron chi connectivity index (χ1n) is 9.04. The maximum Gasteiger partial charge on any atom is 1.00 e.